The molecule has 0 bridgehead atoms. The van der Waals surface area contributed by atoms with Crippen molar-refractivity contribution in [2.45, 2.75) is 37.2 Å². The van der Waals surface area contributed by atoms with Crippen molar-refractivity contribution in [1.29, 1.82) is 0 Å². The summed E-state index contributed by atoms with van der Waals surface area (Å²) in [6.07, 6.45) is 0.723. The summed E-state index contributed by atoms with van der Waals surface area (Å²) in [7, 11) is -2.32. The van der Waals surface area contributed by atoms with E-state index in [2.05, 4.69) is 15.2 Å². The van der Waals surface area contributed by atoms with Crippen LogP contribution in [0.25, 0.3) is 0 Å². The van der Waals surface area contributed by atoms with Crippen LogP contribution in [-0.4, -0.2) is 50.8 Å². The van der Waals surface area contributed by atoms with E-state index in [9.17, 15) is 13.5 Å². The number of aromatic nitrogens is 4. The summed E-state index contributed by atoms with van der Waals surface area (Å²) in [6.45, 7) is 3.38. The Morgan fingerprint density at radius 2 is 2.17 bits per heavy atom. The lowest BCUT2D eigenvalue weighted by Crippen LogP contribution is -2.35. The maximum Gasteiger partial charge on any atom is 0.260 e. The SMILES string of the molecule is CCc1noc([C@@]2(O)CCN(S(=O)(=O)c3c(C)nn(C)c3Cl)C2)n1. The van der Waals surface area contributed by atoms with Gasteiger partial charge in [-0.2, -0.15) is 14.4 Å². The van der Waals surface area contributed by atoms with Gasteiger partial charge in [-0.1, -0.05) is 23.7 Å². The zero-order valence-corrected chi connectivity index (χ0v) is 15.1. The zero-order chi connectivity index (χ0) is 17.7. The zero-order valence-electron chi connectivity index (χ0n) is 13.5. The molecule has 2 aromatic heterocycles. The summed E-state index contributed by atoms with van der Waals surface area (Å²) < 4.78 is 33.3. The molecule has 0 aromatic carbocycles. The van der Waals surface area contributed by atoms with Crippen LogP contribution in [0.3, 0.4) is 0 Å². The molecule has 0 amide bonds. The summed E-state index contributed by atoms with van der Waals surface area (Å²) in [5.74, 6) is 0.497. The van der Waals surface area contributed by atoms with E-state index in [1.54, 1.807) is 14.0 Å². The first-order chi connectivity index (χ1) is 11.2. The third-order valence-corrected chi connectivity index (χ3v) is 6.63. The minimum Gasteiger partial charge on any atom is -0.379 e. The molecule has 3 heterocycles. The van der Waals surface area contributed by atoms with E-state index in [0.717, 1.165) is 0 Å². The maximum atomic E-state index is 12.9. The van der Waals surface area contributed by atoms with Crippen LogP contribution in [0.4, 0.5) is 0 Å². The molecule has 11 heteroatoms. The average molecular weight is 376 g/mol. The highest BCUT2D eigenvalue weighted by Crippen LogP contribution is 2.36. The van der Waals surface area contributed by atoms with Crippen LogP contribution >= 0.6 is 11.6 Å². The molecule has 0 saturated carbocycles. The van der Waals surface area contributed by atoms with Crippen LogP contribution in [0.2, 0.25) is 5.15 Å². The quantitative estimate of drug-likeness (QED) is 0.832. The van der Waals surface area contributed by atoms with Crippen molar-refractivity contribution in [3.8, 4) is 0 Å². The van der Waals surface area contributed by atoms with Crippen LogP contribution < -0.4 is 0 Å². The second kappa shape index (κ2) is 5.80. The van der Waals surface area contributed by atoms with E-state index >= 15 is 0 Å². The number of sulfonamides is 1. The minimum absolute atomic E-state index is 0.0334. The second-order valence-corrected chi connectivity index (χ2v) is 8.05. The Kier molecular flexibility index (Phi) is 4.19. The van der Waals surface area contributed by atoms with Gasteiger partial charge in [-0.25, -0.2) is 8.42 Å². The standard InChI is InChI=1S/C13H18ClN5O4S/c1-4-9-15-12(23-17-9)13(20)5-6-19(7-13)24(21,22)10-8(2)16-18(3)11(10)14/h20H,4-7H2,1-3H3/t13-/m1/s1. The summed E-state index contributed by atoms with van der Waals surface area (Å²) in [5.41, 5.74) is -1.19. The molecule has 0 aliphatic carbocycles. The second-order valence-electron chi connectivity index (χ2n) is 5.82. The lowest BCUT2D eigenvalue weighted by atomic mass is 10.0. The molecule has 3 rings (SSSR count). The van der Waals surface area contributed by atoms with Gasteiger partial charge in [-0.3, -0.25) is 4.68 Å². The van der Waals surface area contributed by atoms with Gasteiger partial charge in [0.2, 0.25) is 10.0 Å². The summed E-state index contributed by atoms with van der Waals surface area (Å²) in [5, 5.41) is 18.6. The Hall–Kier alpha value is -1.49. The van der Waals surface area contributed by atoms with Crippen molar-refractivity contribution in [1.82, 2.24) is 24.2 Å². The summed E-state index contributed by atoms with van der Waals surface area (Å²) >= 11 is 6.08. The molecule has 1 aliphatic heterocycles. The third kappa shape index (κ3) is 2.63. The molecule has 1 N–H and O–H groups in total. The first kappa shape index (κ1) is 17.3. The highest BCUT2D eigenvalue weighted by molar-refractivity contribution is 7.89. The molecule has 1 saturated heterocycles. The lowest BCUT2D eigenvalue weighted by Gasteiger charge is -2.19. The summed E-state index contributed by atoms with van der Waals surface area (Å²) in [4.78, 5) is 4.07. The first-order valence-corrected chi connectivity index (χ1v) is 9.25. The van der Waals surface area contributed by atoms with Gasteiger partial charge >= 0.3 is 0 Å². The molecular weight excluding hydrogens is 358 g/mol. The highest BCUT2D eigenvalue weighted by Gasteiger charge is 2.47. The van der Waals surface area contributed by atoms with E-state index in [-0.39, 0.29) is 35.4 Å². The lowest BCUT2D eigenvalue weighted by molar-refractivity contribution is 0.0194. The predicted octanol–water partition coefficient (Wildman–Crippen LogP) is 0.610. The molecule has 1 aliphatic rings. The van der Waals surface area contributed by atoms with Gasteiger partial charge < -0.3 is 9.63 Å². The molecule has 1 atom stereocenters. The number of halogens is 1. The van der Waals surface area contributed by atoms with Gasteiger partial charge in [0.15, 0.2) is 11.4 Å². The molecular formula is C13H18ClN5O4S. The molecule has 0 spiro atoms. The van der Waals surface area contributed by atoms with E-state index in [0.29, 0.717) is 17.9 Å². The predicted molar refractivity (Wildman–Crippen MR) is 83.9 cm³/mol. The Morgan fingerprint density at radius 3 is 2.71 bits per heavy atom. The normalized spacial score (nSPS) is 22.4. The van der Waals surface area contributed by atoms with Crippen molar-refractivity contribution >= 4 is 21.6 Å². The molecule has 1 fully saturated rings. The fourth-order valence-electron chi connectivity index (χ4n) is 2.76. The monoisotopic (exact) mass is 375 g/mol. The number of hydrogen-bond donors (Lipinski definition) is 1. The Balaban J connectivity index is 1.92. The van der Waals surface area contributed by atoms with E-state index < -0.39 is 15.6 Å². The first-order valence-electron chi connectivity index (χ1n) is 7.43. The number of hydrogen-bond acceptors (Lipinski definition) is 7. The number of aryl methyl sites for hydroxylation is 3. The highest BCUT2D eigenvalue weighted by atomic mass is 35.5. The largest absolute Gasteiger partial charge is 0.379 e. The fraction of sp³-hybridized carbons (Fsp3) is 0.615. The van der Waals surface area contributed by atoms with Gasteiger partial charge in [0.25, 0.3) is 5.89 Å². The van der Waals surface area contributed by atoms with Crippen LogP contribution in [0.5, 0.6) is 0 Å². The van der Waals surface area contributed by atoms with Crippen LogP contribution in [-0.2, 0) is 29.1 Å². The Bertz CT molecular complexity index is 877. The molecule has 24 heavy (non-hydrogen) atoms. The van der Waals surface area contributed by atoms with E-state index in [4.69, 9.17) is 16.1 Å². The van der Waals surface area contributed by atoms with Gasteiger partial charge in [-0.05, 0) is 6.92 Å². The minimum atomic E-state index is -3.89. The van der Waals surface area contributed by atoms with Gasteiger partial charge in [0.1, 0.15) is 10.0 Å². The van der Waals surface area contributed by atoms with Gasteiger partial charge in [-0.15, -0.1) is 0 Å². The van der Waals surface area contributed by atoms with Crippen molar-refractivity contribution in [2.24, 2.45) is 7.05 Å². The Labute approximate surface area is 144 Å². The molecule has 0 unspecified atom stereocenters. The van der Waals surface area contributed by atoms with Gasteiger partial charge in [0.05, 0.1) is 12.2 Å². The maximum absolute atomic E-state index is 12.9. The van der Waals surface area contributed by atoms with E-state index in [1.807, 2.05) is 6.92 Å². The topological polar surface area (TPSA) is 114 Å². The van der Waals surface area contributed by atoms with Crippen LogP contribution in [0.1, 0.15) is 30.8 Å². The summed E-state index contributed by atoms with van der Waals surface area (Å²) in [6, 6.07) is 0. The smallest absolute Gasteiger partial charge is 0.260 e. The molecule has 9 nitrogen and oxygen atoms in total. The molecule has 2 aromatic rings. The molecule has 132 valence electrons. The molecule has 0 radical (unpaired) electrons. The number of nitrogens with zero attached hydrogens (tertiary/aromatic N) is 5. The fourth-order valence-corrected chi connectivity index (χ4v) is 4.96. The average Bonchev–Trinajstić information content (AvgIpc) is 3.19. The van der Waals surface area contributed by atoms with Crippen LogP contribution in [0.15, 0.2) is 9.42 Å². The number of rotatable bonds is 4. The number of aliphatic hydroxyl groups is 1. The Morgan fingerprint density at radius 1 is 1.46 bits per heavy atom. The van der Waals surface area contributed by atoms with Crippen molar-refractivity contribution < 1.29 is 18.0 Å². The van der Waals surface area contributed by atoms with Gasteiger partial charge in [0, 0.05) is 26.4 Å². The van der Waals surface area contributed by atoms with Crippen molar-refractivity contribution in [3.05, 3.63) is 22.6 Å². The van der Waals surface area contributed by atoms with E-state index in [1.165, 1.54) is 8.99 Å². The number of β-amino-alcohol motifs (C(OH)–C–C–N with tert-alkyl or cyclic N) is 1. The van der Waals surface area contributed by atoms with Crippen LogP contribution in [0, 0.1) is 6.92 Å². The third-order valence-electron chi connectivity index (χ3n) is 4.09. The van der Waals surface area contributed by atoms with Crippen molar-refractivity contribution in [2.75, 3.05) is 13.1 Å². The van der Waals surface area contributed by atoms with Crippen molar-refractivity contribution in [3.63, 3.8) is 0 Å².